The third-order valence-electron chi connectivity index (χ3n) is 4.66. The van der Waals surface area contributed by atoms with Crippen molar-refractivity contribution in [3.8, 4) is 0 Å². The highest BCUT2D eigenvalue weighted by Gasteiger charge is 2.16. The van der Waals surface area contributed by atoms with E-state index in [-0.39, 0.29) is 15.9 Å². The highest BCUT2D eigenvalue weighted by atomic mass is 35.5. The van der Waals surface area contributed by atoms with Gasteiger partial charge in [0.25, 0.3) is 0 Å². The van der Waals surface area contributed by atoms with Gasteiger partial charge in [0, 0.05) is 32.2 Å². The number of fused-ring (bicyclic) bond motifs is 4. The van der Waals surface area contributed by atoms with Crippen molar-refractivity contribution < 1.29 is 0 Å². The smallest absolute Gasteiger partial charge is 0.198 e. The van der Waals surface area contributed by atoms with Gasteiger partial charge in [-0.3, -0.25) is 9.59 Å². The van der Waals surface area contributed by atoms with Crippen LogP contribution in [0.4, 0.5) is 0 Å². The van der Waals surface area contributed by atoms with E-state index in [1.54, 1.807) is 36.4 Å². The van der Waals surface area contributed by atoms with Gasteiger partial charge in [-0.1, -0.05) is 35.3 Å². The Morgan fingerprint density at radius 3 is 2.31 bits per heavy atom. The summed E-state index contributed by atoms with van der Waals surface area (Å²) in [5.41, 5.74) is 1.93. The Morgan fingerprint density at radius 2 is 1.46 bits per heavy atom. The van der Waals surface area contributed by atoms with Crippen molar-refractivity contribution in [2.45, 2.75) is 0 Å². The van der Waals surface area contributed by atoms with Gasteiger partial charge in [0.1, 0.15) is 0 Å². The normalized spacial score (nSPS) is 11.8. The molecule has 0 saturated carbocycles. The molecule has 4 nitrogen and oxygen atoms in total. The van der Waals surface area contributed by atoms with Crippen LogP contribution in [-0.2, 0) is 0 Å². The molecule has 3 aromatic carbocycles. The largest absolute Gasteiger partial charge is 0.354 e. The Balaban J connectivity index is 2.08. The Labute approximate surface area is 156 Å². The summed E-state index contributed by atoms with van der Waals surface area (Å²) in [5, 5.41) is 2.49. The number of nitrogens with one attached hydrogen (secondary N) is 2. The zero-order valence-corrected chi connectivity index (χ0v) is 14.7. The second kappa shape index (κ2) is 5.34. The van der Waals surface area contributed by atoms with E-state index in [4.69, 9.17) is 23.2 Å². The summed E-state index contributed by atoms with van der Waals surface area (Å²) in [6, 6.07) is 13.9. The van der Waals surface area contributed by atoms with E-state index < -0.39 is 0 Å². The van der Waals surface area contributed by atoms with Crippen LogP contribution in [0.5, 0.6) is 0 Å². The molecular weight excluding hydrogens is 371 g/mol. The van der Waals surface area contributed by atoms with Crippen LogP contribution in [-0.4, -0.2) is 9.97 Å². The first-order chi connectivity index (χ1) is 12.5. The summed E-state index contributed by atoms with van der Waals surface area (Å²) < 4.78 is 0. The number of pyridine rings is 2. The van der Waals surface area contributed by atoms with Crippen LogP contribution in [0.15, 0.2) is 58.1 Å². The van der Waals surface area contributed by atoms with Gasteiger partial charge in [0.05, 0.1) is 21.4 Å². The molecule has 0 fully saturated rings. The molecule has 2 aromatic heterocycles. The molecule has 0 radical (unpaired) electrons. The predicted molar refractivity (Wildman–Crippen MR) is 108 cm³/mol. The van der Waals surface area contributed by atoms with Crippen molar-refractivity contribution in [1.29, 1.82) is 0 Å². The quantitative estimate of drug-likeness (QED) is 0.372. The molecule has 0 amide bonds. The van der Waals surface area contributed by atoms with Gasteiger partial charge < -0.3 is 9.97 Å². The molecule has 0 unspecified atom stereocenters. The van der Waals surface area contributed by atoms with Gasteiger partial charge in [-0.05, 0) is 36.4 Å². The van der Waals surface area contributed by atoms with Crippen molar-refractivity contribution in [2.24, 2.45) is 0 Å². The van der Waals surface area contributed by atoms with Crippen LogP contribution in [0.1, 0.15) is 0 Å². The summed E-state index contributed by atoms with van der Waals surface area (Å²) in [7, 11) is 0. The van der Waals surface area contributed by atoms with Gasteiger partial charge in [0.2, 0.25) is 0 Å². The van der Waals surface area contributed by atoms with E-state index in [1.807, 2.05) is 12.1 Å². The SMILES string of the molecule is O=c1c2ccccc2[nH]c2c(Cl)c3c(=O)c4cc(Cl)ccc4[nH]c3cc12. The lowest BCUT2D eigenvalue weighted by molar-refractivity contribution is 1.46. The van der Waals surface area contributed by atoms with Gasteiger partial charge in [0.15, 0.2) is 10.9 Å². The predicted octanol–water partition coefficient (Wildman–Crippen LogP) is 4.98. The fourth-order valence-corrected chi connectivity index (χ4v) is 3.94. The zero-order chi connectivity index (χ0) is 18.0. The van der Waals surface area contributed by atoms with E-state index >= 15 is 0 Å². The monoisotopic (exact) mass is 380 g/mol. The highest BCUT2D eigenvalue weighted by molar-refractivity contribution is 6.40. The minimum atomic E-state index is -0.225. The number of benzene rings is 3. The van der Waals surface area contributed by atoms with Gasteiger partial charge in [-0.2, -0.15) is 0 Å². The van der Waals surface area contributed by atoms with Crippen molar-refractivity contribution in [3.05, 3.63) is 79.0 Å². The summed E-state index contributed by atoms with van der Waals surface area (Å²) >= 11 is 12.6. The first kappa shape index (κ1) is 15.4. The standard InChI is InChI=1S/C20H10Cl2N2O2/c21-9-5-6-14-11(7-9)20(26)16-15(23-14)8-12-18(17(16)22)24-13-4-2-1-3-10(13)19(12)25/h1-8H,(H,23,26)(H,24,25). The molecule has 0 atom stereocenters. The third kappa shape index (κ3) is 2.03. The number of aromatic nitrogens is 2. The number of aromatic amines is 2. The molecular formula is C20H10Cl2N2O2. The second-order valence-corrected chi connectivity index (χ2v) is 6.99. The van der Waals surface area contributed by atoms with Gasteiger partial charge in [-0.15, -0.1) is 0 Å². The molecule has 6 heteroatoms. The van der Waals surface area contributed by atoms with Crippen LogP contribution >= 0.6 is 23.2 Å². The average Bonchev–Trinajstić information content (AvgIpc) is 2.64. The topological polar surface area (TPSA) is 65.7 Å². The first-order valence-electron chi connectivity index (χ1n) is 7.93. The summed E-state index contributed by atoms with van der Waals surface area (Å²) in [6.45, 7) is 0. The van der Waals surface area contributed by atoms with Crippen LogP contribution in [0.3, 0.4) is 0 Å². The van der Waals surface area contributed by atoms with E-state index in [1.165, 1.54) is 0 Å². The number of para-hydroxylation sites is 1. The van der Waals surface area contributed by atoms with E-state index in [0.29, 0.717) is 48.6 Å². The maximum absolute atomic E-state index is 13.0. The van der Waals surface area contributed by atoms with E-state index in [2.05, 4.69) is 9.97 Å². The first-order valence-corrected chi connectivity index (χ1v) is 8.68. The minimum absolute atomic E-state index is 0.129. The molecule has 126 valence electrons. The number of hydrogen-bond donors (Lipinski definition) is 2. The van der Waals surface area contributed by atoms with Crippen LogP contribution in [0.2, 0.25) is 10.0 Å². The molecule has 5 aromatic rings. The molecule has 0 aliphatic heterocycles. The Kier molecular flexibility index (Phi) is 3.17. The summed E-state index contributed by atoms with van der Waals surface area (Å²) in [5.74, 6) is 0. The van der Waals surface area contributed by atoms with E-state index in [0.717, 1.165) is 0 Å². The lowest BCUT2D eigenvalue weighted by Crippen LogP contribution is -2.09. The minimum Gasteiger partial charge on any atom is -0.354 e. The van der Waals surface area contributed by atoms with Crippen molar-refractivity contribution in [2.75, 3.05) is 0 Å². The number of rotatable bonds is 0. The molecule has 2 N–H and O–H groups in total. The lowest BCUT2D eigenvalue weighted by atomic mass is 10.1. The Morgan fingerprint density at radius 1 is 0.692 bits per heavy atom. The molecule has 0 aliphatic rings. The third-order valence-corrected chi connectivity index (χ3v) is 5.28. The number of H-pyrrole nitrogens is 2. The molecule has 26 heavy (non-hydrogen) atoms. The Bertz CT molecular complexity index is 1500. The fourth-order valence-electron chi connectivity index (χ4n) is 3.43. The van der Waals surface area contributed by atoms with Gasteiger partial charge >= 0.3 is 0 Å². The van der Waals surface area contributed by atoms with Crippen LogP contribution in [0, 0.1) is 0 Å². The summed E-state index contributed by atoms with van der Waals surface area (Å²) in [6.07, 6.45) is 0. The van der Waals surface area contributed by atoms with E-state index in [9.17, 15) is 9.59 Å². The van der Waals surface area contributed by atoms with Gasteiger partial charge in [-0.25, -0.2) is 0 Å². The maximum atomic E-state index is 13.0. The Hall–Kier alpha value is -2.82. The number of hydrogen-bond acceptors (Lipinski definition) is 2. The molecule has 0 saturated heterocycles. The molecule has 2 heterocycles. The van der Waals surface area contributed by atoms with Crippen molar-refractivity contribution in [1.82, 2.24) is 9.97 Å². The zero-order valence-electron chi connectivity index (χ0n) is 13.2. The van der Waals surface area contributed by atoms with Crippen LogP contribution in [0.25, 0.3) is 43.6 Å². The second-order valence-electron chi connectivity index (χ2n) is 6.18. The average molecular weight is 381 g/mol. The molecule has 5 rings (SSSR count). The molecule has 0 aliphatic carbocycles. The van der Waals surface area contributed by atoms with Crippen molar-refractivity contribution >= 4 is 66.8 Å². The lowest BCUT2D eigenvalue weighted by Gasteiger charge is -2.09. The highest BCUT2D eigenvalue weighted by Crippen LogP contribution is 2.30. The fraction of sp³-hybridized carbons (Fsp3) is 0. The van der Waals surface area contributed by atoms with Crippen LogP contribution < -0.4 is 10.9 Å². The molecule has 0 bridgehead atoms. The number of halogens is 2. The maximum Gasteiger partial charge on any atom is 0.198 e. The van der Waals surface area contributed by atoms with Crippen molar-refractivity contribution in [3.63, 3.8) is 0 Å². The summed E-state index contributed by atoms with van der Waals surface area (Å²) in [4.78, 5) is 32.3. The molecule has 0 spiro atoms.